The summed E-state index contributed by atoms with van der Waals surface area (Å²) in [5, 5.41) is 9.11. The first-order valence-corrected chi connectivity index (χ1v) is 5.56. The summed E-state index contributed by atoms with van der Waals surface area (Å²) < 4.78 is 47.6. The largest absolute Gasteiger partial charge is 0.488 e. The number of hydrogen-bond acceptors (Lipinski definition) is 3. The zero-order chi connectivity index (χ0) is 14.5. The average Bonchev–Trinajstić information content (AvgIpc) is 2.77. The van der Waals surface area contributed by atoms with Crippen LogP contribution in [-0.2, 0) is 11.0 Å². The molecule has 0 unspecified atom stereocenters. The molecule has 2 aromatic rings. The predicted molar refractivity (Wildman–Crippen MR) is 62.3 cm³/mol. The first-order valence-electron chi connectivity index (χ1n) is 5.56. The predicted octanol–water partition coefficient (Wildman–Crippen LogP) is 3.31. The van der Waals surface area contributed by atoms with E-state index in [0.717, 1.165) is 6.07 Å². The molecule has 0 atom stereocenters. The summed E-state index contributed by atoms with van der Waals surface area (Å²) in [4.78, 5) is 10.8. The maximum atomic E-state index is 12.6. The highest BCUT2D eigenvalue weighted by molar-refractivity contribution is 5.95. The highest BCUT2D eigenvalue weighted by atomic mass is 19.4. The molecule has 1 aromatic heterocycles. The number of rotatable bonds is 1. The minimum absolute atomic E-state index is 0.0383. The lowest BCUT2D eigenvalue weighted by atomic mass is 10.1. The van der Waals surface area contributed by atoms with Gasteiger partial charge in [0.25, 0.3) is 0 Å². The number of alkyl halides is 3. The van der Waals surface area contributed by atoms with Gasteiger partial charge in [-0.1, -0.05) is 0 Å². The van der Waals surface area contributed by atoms with E-state index in [1.54, 1.807) is 0 Å². The average molecular weight is 284 g/mol. The number of furan rings is 1. The van der Waals surface area contributed by atoms with Crippen LogP contribution in [0.25, 0.3) is 17.0 Å². The Balaban J connectivity index is 2.14. The molecule has 20 heavy (non-hydrogen) atoms. The number of halogens is 3. The molecule has 0 spiro atoms. The molecule has 0 bridgehead atoms. The van der Waals surface area contributed by atoms with Crippen LogP contribution in [0.15, 0.2) is 28.2 Å². The van der Waals surface area contributed by atoms with Crippen LogP contribution in [0.1, 0.15) is 11.3 Å². The molecule has 3 rings (SSSR count). The summed E-state index contributed by atoms with van der Waals surface area (Å²) in [7, 11) is 0. The van der Waals surface area contributed by atoms with E-state index in [9.17, 15) is 18.0 Å². The molecule has 104 valence electrons. The van der Waals surface area contributed by atoms with Crippen molar-refractivity contribution >= 4 is 23.0 Å². The van der Waals surface area contributed by atoms with Gasteiger partial charge < -0.3 is 14.3 Å². The van der Waals surface area contributed by atoms with Crippen molar-refractivity contribution in [2.75, 3.05) is 6.61 Å². The summed E-state index contributed by atoms with van der Waals surface area (Å²) in [6.45, 7) is -0.138. The minimum atomic E-state index is -4.57. The maximum Gasteiger partial charge on any atom is 0.449 e. The second-order valence-corrected chi connectivity index (χ2v) is 4.30. The van der Waals surface area contributed by atoms with Crippen LogP contribution >= 0.6 is 0 Å². The van der Waals surface area contributed by atoms with Crippen molar-refractivity contribution in [2.24, 2.45) is 0 Å². The number of fused-ring (bicyclic) bond motifs is 2. The van der Waals surface area contributed by atoms with Crippen molar-refractivity contribution in [1.29, 1.82) is 0 Å². The number of carboxylic acid groups (broad SMARTS) is 1. The Labute approximate surface area is 110 Å². The Morgan fingerprint density at radius 2 is 2.00 bits per heavy atom. The fourth-order valence-electron chi connectivity index (χ4n) is 1.97. The fourth-order valence-corrected chi connectivity index (χ4v) is 1.97. The van der Waals surface area contributed by atoms with Gasteiger partial charge in [0, 0.05) is 17.0 Å². The van der Waals surface area contributed by atoms with Gasteiger partial charge in [0.05, 0.1) is 5.57 Å². The van der Waals surface area contributed by atoms with Crippen LogP contribution in [0.5, 0.6) is 5.75 Å². The third kappa shape index (κ3) is 2.01. The zero-order valence-corrected chi connectivity index (χ0v) is 9.82. The van der Waals surface area contributed by atoms with Crippen LogP contribution in [0, 0.1) is 0 Å². The molecule has 0 saturated heterocycles. The van der Waals surface area contributed by atoms with E-state index in [4.69, 9.17) is 14.3 Å². The fraction of sp³-hybridized carbons (Fsp3) is 0.154. The van der Waals surface area contributed by atoms with Gasteiger partial charge in [-0.25, -0.2) is 4.79 Å². The number of benzene rings is 1. The van der Waals surface area contributed by atoms with Crippen molar-refractivity contribution in [2.45, 2.75) is 6.18 Å². The lowest BCUT2D eigenvalue weighted by molar-refractivity contribution is -0.152. The molecule has 2 heterocycles. The van der Waals surface area contributed by atoms with Gasteiger partial charge in [-0.05, 0) is 18.2 Å². The molecule has 0 amide bonds. The van der Waals surface area contributed by atoms with E-state index in [-0.39, 0.29) is 23.1 Å². The first kappa shape index (κ1) is 12.6. The number of ether oxygens (including phenoxy) is 1. The Kier molecular flexibility index (Phi) is 2.53. The van der Waals surface area contributed by atoms with Gasteiger partial charge in [0.15, 0.2) is 0 Å². The number of aliphatic carboxylic acids is 1. The molecule has 0 fully saturated rings. The summed E-state index contributed by atoms with van der Waals surface area (Å²) in [5.41, 5.74) is 0.496. The lowest BCUT2D eigenvalue weighted by Gasteiger charge is -2.15. The maximum absolute atomic E-state index is 12.6. The quantitative estimate of drug-likeness (QED) is 0.872. The SMILES string of the molecule is O=C(O)C1=Cc2cc3cc(C(F)(F)F)oc3cc2OC1. The van der Waals surface area contributed by atoms with Crippen LogP contribution in [-0.4, -0.2) is 17.7 Å². The Morgan fingerprint density at radius 3 is 2.65 bits per heavy atom. The zero-order valence-electron chi connectivity index (χ0n) is 9.82. The van der Waals surface area contributed by atoms with Crippen molar-refractivity contribution in [3.05, 3.63) is 35.1 Å². The molecule has 7 heteroatoms. The van der Waals surface area contributed by atoms with Crippen molar-refractivity contribution in [1.82, 2.24) is 0 Å². The van der Waals surface area contributed by atoms with Crippen LogP contribution in [0.3, 0.4) is 0 Å². The first-order chi connectivity index (χ1) is 9.34. The van der Waals surface area contributed by atoms with Crippen LogP contribution in [0.2, 0.25) is 0 Å². The van der Waals surface area contributed by atoms with Gasteiger partial charge in [0.1, 0.15) is 17.9 Å². The summed E-state index contributed by atoms with van der Waals surface area (Å²) >= 11 is 0. The number of carboxylic acids is 1. The number of hydrogen-bond donors (Lipinski definition) is 1. The molecule has 0 saturated carbocycles. The van der Waals surface area contributed by atoms with Crippen LogP contribution < -0.4 is 4.74 Å². The minimum Gasteiger partial charge on any atom is -0.488 e. The van der Waals surface area contributed by atoms with Gasteiger partial charge >= 0.3 is 12.1 Å². The summed E-state index contributed by atoms with van der Waals surface area (Å²) in [6, 6.07) is 3.61. The molecule has 1 aliphatic rings. The number of carbonyl (C=O) groups is 1. The van der Waals surface area contributed by atoms with Gasteiger partial charge in [-0.2, -0.15) is 13.2 Å². The summed E-state index contributed by atoms with van der Waals surface area (Å²) in [5.74, 6) is -1.93. The topological polar surface area (TPSA) is 59.7 Å². The molecule has 1 aromatic carbocycles. The smallest absolute Gasteiger partial charge is 0.449 e. The standard InChI is InChI=1S/C13H7F3O4/c14-13(15,16)11-3-7-1-6-2-8(12(17)18)5-19-9(6)4-10(7)20-11/h1-4H,5H2,(H,17,18). The highest BCUT2D eigenvalue weighted by Crippen LogP contribution is 2.37. The second-order valence-electron chi connectivity index (χ2n) is 4.30. The van der Waals surface area contributed by atoms with Gasteiger partial charge in [-0.3, -0.25) is 0 Å². The van der Waals surface area contributed by atoms with Crippen molar-refractivity contribution in [3.63, 3.8) is 0 Å². The molecule has 4 nitrogen and oxygen atoms in total. The normalized spacial score (nSPS) is 14.7. The molecule has 0 aliphatic carbocycles. The Bertz CT molecular complexity index is 740. The molecule has 1 aliphatic heterocycles. The van der Waals surface area contributed by atoms with E-state index in [2.05, 4.69) is 0 Å². The van der Waals surface area contributed by atoms with E-state index in [1.807, 2.05) is 0 Å². The van der Waals surface area contributed by atoms with E-state index in [0.29, 0.717) is 11.3 Å². The highest BCUT2D eigenvalue weighted by Gasteiger charge is 2.35. The van der Waals surface area contributed by atoms with E-state index in [1.165, 1.54) is 18.2 Å². The van der Waals surface area contributed by atoms with E-state index < -0.39 is 17.9 Å². The third-order valence-electron chi connectivity index (χ3n) is 2.92. The summed E-state index contributed by atoms with van der Waals surface area (Å²) in [6.07, 6.45) is -3.19. The van der Waals surface area contributed by atoms with Crippen molar-refractivity contribution < 1.29 is 32.2 Å². The molecular formula is C13H7F3O4. The van der Waals surface area contributed by atoms with E-state index >= 15 is 0 Å². The Morgan fingerprint density at radius 1 is 1.25 bits per heavy atom. The Hall–Kier alpha value is -2.44. The molecular weight excluding hydrogens is 277 g/mol. The van der Waals surface area contributed by atoms with Crippen LogP contribution in [0.4, 0.5) is 13.2 Å². The van der Waals surface area contributed by atoms with Gasteiger partial charge in [0.2, 0.25) is 5.76 Å². The third-order valence-corrected chi connectivity index (χ3v) is 2.92. The second kappa shape index (κ2) is 4.03. The monoisotopic (exact) mass is 284 g/mol. The lowest BCUT2D eigenvalue weighted by Crippen LogP contribution is -2.13. The van der Waals surface area contributed by atoms with Crippen molar-refractivity contribution in [3.8, 4) is 5.75 Å². The van der Waals surface area contributed by atoms with Gasteiger partial charge in [-0.15, -0.1) is 0 Å². The molecule has 1 N–H and O–H groups in total. The molecule has 0 radical (unpaired) electrons.